The Labute approximate surface area is 99.7 Å². The highest BCUT2D eigenvalue weighted by molar-refractivity contribution is 7.07. The van der Waals surface area contributed by atoms with Gasteiger partial charge in [-0.1, -0.05) is 25.2 Å². The van der Waals surface area contributed by atoms with Crippen molar-refractivity contribution in [3.8, 4) is 0 Å². The van der Waals surface area contributed by atoms with Gasteiger partial charge in [0, 0.05) is 42.8 Å². The van der Waals surface area contributed by atoms with Crippen molar-refractivity contribution in [3.05, 3.63) is 20.7 Å². The highest BCUT2D eigenvalue weighted by Crippen LogP contribution is 2.13. The molecule has 1 atom stereocenters. The van der Waals surface area contributed by atoms with E-state index >= 15 is 0 Å². The van der Waals surface area contributed by atoms with E-state index in [1.165, 1.54) is 17.8 Å². The van der Waals surface area contributed by atoms with Crippen LogP contribution in [0.1, 0.15) is 26.0 Å². The summed E-state index contributed by atoms with van der Waals surface area (Å²) in [6, 6.07) is 1.15. The van der Waals surface area contributed by atoms with Crippen molar-refractivity contribution in [2.45, 2.75) is 38.9 Å². The molecule has 0 bridgehead atoms. The number of aromatic amines is 1. The molecule has 90 valence electrons. The molecule has 1 unspecified atom stereocenters. The quantitative estimate of drug-likeness (QED) is 0.827. The largest absolute Gasteiger partial charge is 0.315 e. The van der Waals surface area contributed by atoms with E-state index in [1.54, 1.807) is 0 Å². The Hall–Kier alpha value is -0.650. The van der Waals surface area contributed by atoms with Crippen LogP contribution in [0, 0.1) is 0 Å². The van der Waals surface area contributed by atoms with E-state index in [1.807, 2.05) is 5.38 Å². The summed E-state index contributed by atoms with van der Waals surface area (Å²) in [6.45, 7) is 7.42. The highest BCUT2D eigenvalue weighted by atomic mass is 32.1. The van der Waals surface area contributed by atoms with Crippen LogP contribution in [0.3, 0.4) is 0 Å². The third kappa shape index (κ3) is 3.17. The van der Waals surface area contributed by atoms with E-state index in [0.717, 1.165) is 25.3 Å². The Morgan fingerprint density at radius 1 is 1.69 bits per heavy atom. The third-order valence-corrected chi connectivity index (χ3v) is 3.52. The van der Waals surface area contributed by atoms with Crippen LogP contribution in [0.15, 0.2) is 10.2 Å². The minimum atomic E-state index is 0.0473. The van der Waals surface area contributed by atoms with E-state index in [-0.39, 0.29) is 4.87 Å². The number of thiazole rings is 1. The molecular formula is C11H19N3OS. The Morgan fingerprint density at radius 2 is 2.50 bits per heavy atom. The van der Waals surface area contributed by atoms with E-state index in [9.17, 15) is 4.79 Å². The summed E-state index contributed by atoms with van der Waals surface area (Å²) >= 11 is 1.25. The Bertz CT molecular complexity index is 385. The molecule has 1 aromatic rings. The molecule has 2 N–H and O–H groups in total. The first kappa shape index (κ1) is 11.8. The molecule has 1 saturated heterocycles. The molecule has 1 aliphatic heterocycles. The standard InChI is InChI=1S/C11H19N3OS/c1-8(2)12-9-3-4-14(5-9)6-10-7-16-11(15)13-10/h7-9,12H,3-6H2,1-2H3,(H,13,15). The fourth-order valence-corrected chi connectivity index (χ4v) is 2.79. The molecule has 5 heteroatoms. The van der Waals surface area contributed by atoms with Gasteiger partial charge in [-0.25, -0.2) is 0 Å². The summed E-state index contributed by atoms with van der Waals surface area (Å²) < 4.78 is 0. The second-order valence-corrected chi connectivity index (χ2v) is 5.56. The zero-order chi connectivity index (χ0) is 11.5. The van der Waals surface area contributed by atoms with Crippen molar-refractivity contribution in [1.82, 2.24) is 15.2 Å². The van der Waals surface area contributed by atoms with Crippen LogP contribution in [-0.2, 0) is 6.54 Å². The average molecular weight is 241 g/mol. The fraction of sp³-hybridized carbons (Fsp3) is 0.727. The van der Waals surface area contributed by atoms with Gasteiger partial charge in [-0.15, -0.1) is 0 Å². The number of hydrogen-bond acceptors (Lipinski definition) is 4. The molecule has 2 heterocycles. The molecule has 0 radical (unpaired) electrons. The Balaban J connectivity index is 1.83. The molecule has 0 aliphatic carbocycles. The normalized spacial score (nSPS) is 22.1. The van der Waals surface area contributed by atoms with Crippen molar-refractivity contribution >= 4 is 11.3 Å². The van der Waals surface area contributed by atoms with E-state index in [4.69, 9.17) is 0 Å². The zero-order valence-corrected chi connectivity index (χ0v) is 10.6. The van der Waals surface area contributed by atoms with Crippen molar-refractivity contribution in [2.75, 3.05) is 13.1 Å². The van der Waals surface area contributed by atoms with Crippen LogP contribution in [-0.4, -0.2) is 35.1 Å². The molecule has 4 nitrogen and oxygen atoms in total. The molecular weight excluding hydrogens is 222 g/mol. The number of nitrogens with one attached hydrogen (secondary N) is 2. The lowest BCUT2D eigenvalue weighted by Gasteiger charge is -2.17. The first-order valence-electron chi connectivity index (χ1n) is 5.78. The second kappa shape index (κ2) is 5.12. The van der Waals surface area contributed by atoms with Crippen LogP contribution in [0.2, 0.25) is 0 Å². The van der Waals surface area contributed by atoms with Crippen LogP contribution in [0.5, 0.6) is 0 Å². The summed E-state index contributed by atoms with van der Waals surface area (Å²) in [5, 5.41) is 5.47. The van der Waals surface area contributed by atoms with Gasteiger partial charge < -0.3 is 10.3 Å². The first-order valence-corrected chi connectivity index (χ1v) is 6.66. The van der Waals surface area contributed by atoms with Crippen molar-refractivity contribution < 1.29 is 0 Å². The summed E-state index contributed by atoms with van der Waals surface area (Å²) in [5.41, 5.74) is 1.04. The van der Waals surface area contributed by atoms with E-state index in [2.05, 4.69) is 29.0 Å². The maximum atomic E-state index is 11.0. The molecule has 0 saturated carbocycles. The summed E-state index contributed by atoms with van der Waals surface area (Å²) in [4.78, 5) is 16.3. The molecule has 16 heavy (non-hydrogen) atoms. The lowest BCUT2D eigenvalue weighted by molar-refractivity contribution is 0.314. The first-order chi connectivity index (χ1) is 7.63. The molecule has 0 spiro atoms. The van der Waals surface area contributed by atoms with Crippen LogP contribution < -0.4 is 10.2 Å². The average Bonchev–Trinajstić information content (AvgIpc) is 2.76. The van der Waals surface area contributed by atoms with Crippen molar-refractivity contribution in [3.63, 3.8) is 0 Å². The second-order valence-electron chi connectivity index (χ2n) is 4.72. The monoisotopic (exact) mass is 241 g/mol. The van der Waals surface area contributed by atoms with Crippen LogP contribution in [0.25, 0.3) is 0 Å². The van der Waals surface area contributed by atoms with Crippen LogP contribution in [0.4, 0.5) is 0 Å². The van der Waals surface area contributed by atoms with Gasteiger partial charge in [-0.2, -0.15) is 0 Å². The van der Waals surface area contributed by atoms with Gasteiger partial charge >= 0.3 is 4.87 Å². The Morgan fingerprint density at radius 3 is 3.12 bits per heavy atom. The van der Waals surface area contributed by atoms with Gasteiger partial charge in [0.2, 0.25) is 0 Å². The summed E-state index contributed by atoms with van der Waals surface area (Å²) in [7, 11) is 0. The van der Waals surface area contributed by atoms with E-state index < -0.39 is 0 Å². The minimum absolute atomic E-state index is 0.0473. The molecule has 2 rings (SSSR count). The fourth-order valence-electron chi connectivity index (χ4n) is 2.22. The maximum absolute atomic E-state index is 11.0. The lowest BCUT2D eigenvalue weighted by Crippen LogP contribution is -2.36. The minimum Gasteiger partial charge on any atom is -0.315 e. The predicted octanol–water partition coefficient (Wildman–Crippen LogP) is 1.01. The number of nitrogens with zero attached hydrogens (tertiary/aromatic N) is 1. The Kier molecular flexibility index (Phi) is 3.78. The lowest BCUT2D eigenvalue weighted by atomic mass is 10.2. The smallest absolute Gasteiger partial charge is 0.304 e. The third-order valence-electron chi connectivity index (χ3n) is 2.81. The van der Waals surface area contributed by atoms with Crippen molar-refractivity contribution in [2.24, 2.45) is 0 Å². The van der Waals surface area contributed by atoms with Crippen LogP contribution >= 0.6 is 11.3 Å². The number of hydrogen-bond donors (Lipinski definition) is 2. The molecule has 0 aromatic carbocycles. The maximum Gasteiger partial charge on any atom is 0.304 e. The van der Waals surface area contributed by atoms with Gasteiger partial charge in [0.25, 0.3) is 0 Å². The van der Waals surface area contributed by atoms with E-state index in [0.29, 0.717) is 12.1 Å². The number of rotatable bonds is 4. The number of H-pyrrole nitrogens is 1. The van der Waals surface area contributed by atoms with Gasteiger partial charge in [0.05, 0.1) is 0 Å². The van der Waals surface area contributed by atoms with Gasteiger partial charge in [0.1, 0.15) is 0 Å². The van der Waals surface area contributed by atoms with Crippen molar-refractivity contribution in [1.29, 1.82) is 0 Å². The molecule has 1 aromatic heterocycles. The molecule has 0 amide bonds. The van der Waals surface area contributed by atoms with Gasteiger partial charge in [-0.05, 0) is 6.42 Å². The van der Waals surface area contributed by atoms with Gasteiger partial charge in [0.15, 0.2) is 0 Å². The summed E-state index contributed by atoms with van der Waals surface area (Å²) in [5.74, 6) is 0. The SMILES string of the molecule is CC(C)NC1CCN(Cc2csc(=O)[nH]2)C1. The number of likely N-dealkylation sites (tertiary alicyclic amines) is 1. The zero-order valence-electron chi connectivity index (χ0n) is 9.82. The predicted molar refractivity (Wildman–Crippen MR) is 66.9 cm³/mol. The highest BCUT2D eigenvalue weighted by Gasteiger charge is 2.22. The molecule has 1 fully saturated rings. The summed E-state index contributed by atoms with van der Waals surface area (Å²) in [6.07, 6.45) is 1.20. The number of aromatic nitrogens is 1. The topological polar surface area (TPSA) is 48.1 Å². The van der Waals surface area contributed by atoms with Gasteiger partial charge in [-0.3, -0.25) is 9.69 Å². The molecule has 1 aliphatic rings.